The summed E-state index contributed by atoms with van der Waals surface area (Å²) in [6.07, 6.45) is 4.53. The molecule has 3 heteroatoms. The van der Waals surface area contributed by atoms with Crippen LogP contribution in [0, 0.1) is 6.92 Å². The van der Waals surface area contributed by atoms with Gasteiger partial charge in [0.05, 0.1) is 7.11 Å². The molecule has 0 bridgehead atoms. The number of methoxy groups -OCH3 is 1. The number of aromatic amines is 1. The fourth-order valence-corrected chi connectivity index (χ4v) is 3.20. The van der Waals surface area contributed by atoms with Crippen LogP contribution in [0.3, 0.4) is 0 Å². The minimum atomic E-state index is -0.204. The molecule has 1 aromatic carbocycles. The van der Waals surface area contributed by atoms with Crippen molar-refractivity contribution < 1.29 is 4.74 Å². The van der Waals surface area contributed by atoms with Crippen LogP contribution in [0.4, 0.5) is 0 Å². The summed E-state index contributed by atoms with van der Waals surface area (Å²) in [5, 5.41) is 1.14. The van der Waals surface area contributed by atoms with Gasteiger partial charge in [-0.2, -0.15) is 0 Å². The average molecular weight is 244 g/mol. The monoisotopic (exact) mass is 244 g/mol. The van der Waals surface area contributed by atoms with Gasteiger partial charge in [-0.15, -0.1) is 0 Å². The highest BCUT2D eigenvalue weighted by Crippen LogP contribution is 2.43. The minimum absolute atomic E-state index is 0.204. The predicted octanol–water partition coefficient (Wildman–Crippen LogP) is 3.21. The summed E-state index contributed by atoms with van der Waals surface area (Å²) >= 11 is 0. The summed E-state index contributed by atoms with van der Waals surface area (Å²) in [5.41, 5.74) is 9.79. The zero-order valence-corrected chi connectivity index (χ0v) is 11.0. The Morgan fingerprint density at radius 2 is 2.00 bits per heavy atom. The van der Waals surface area contributed by atoms with Crippen LogP contribution in [0.1, 0.15) is 36.9 Å². The van der Waals surface area contributed by atoms with E-state index in [9.17, 15) is 0 Å². The van der Waals surface area contributed by atoms with E-state index in [-0.39, 0.29) is 5.54 Å². The van der Waals surface area contributed by atoms with E-state index in [0.717, 1.165) is 40.8 Å². The second kappa shape index (κ2) is 4.02. The Bertz CT molecular complexity index is 579. The maximum Gasteiger partial charge on any atom is 0.133 e. The van der Waals surface area contributed by atoms with Crippen LogP contribution in [0.5, 0.6) is 5.75 Å². The minimum Gasteiger partial charge on any atom is -0.496 e. The molecule has 0 saturated heterocycles. The number of H-pyrrole nitrogens is 1. The first-order valence-electron chi connectivity index (χ1n) is 6.60. The van der Waals surface area contributed by atoms with Crippen LogP contribution >= 0.6 is 0 Å². The SMILES string of the molecule is COc1c(C2(N)CCCC2)ccc2[nH]c(C)cc12. The number of ether oxygens (including phenoxy) is 1. The number of nitrogens with one attached hydrogen (secondary N) is 1. The number of fused-ring (bicyclic) bond motifs is 1. The van der Waals surface area contributed by atoms with E-state index >= 15 is 0 Å². The van der Waals surface area contributed by atoms with Gasteiger partial charge in [-0.3, -0.25) is 0 Å². The Morgan fingerprint density at radius 1 is 1.28 bits per heavy atom. The molecule has 0 spiro atoms. The van der Waals surface area contributed by atoms with Crippen LogP contribution in [-0.2, 0) is 5.54 Å². The average Bonchev–Trinajstić information content (AvgIpc) is 2.93. The van der Waals surface area contributed by atoms with Gasteiger partial charge in [0.25, 0.3) is 0 Å². The summed E-state index contributed by atoms with van der Waals surface area (Å²) < 4.78 is 5.65. The standard InChI is InChI=1S/C15H20N2O/c1-10-9-11-13(17-10)6-5-12(14(11)18-2)15(16)7-3-4-8-15/h5-6,9,17H,3-4,7-8,16H2,1-2H3. The van der Waals surface area contributed by atoms with Crippen molar-refractivity contribution in [2.45, 2.75) is 38.1 Å². The third-order valence-corrected chi connectivity index (χ3v) is 4.13. The van der Waals surface area contributed by atoms with Crippen molar-refractivity contribution in [3.05, 3.63) is 29.5 Å². The van der Waals surface area contributed by atoms with Gasteiger partial charge in [-0.25, -0.2) is 0 Å². The molecule has 1 saturated carbocycles. The Balaban J connectivity index is 2.22. The molecule has 1 fully saturated rings. The lowest BCUT2D eigenvalue weighted by Gasteiger charge is -2.26. The van der Waals surface area contributed by atoms with Crippen molar-refractivity contribution in [3.8, 4) is 5.75 Å². The summed E-state index contributed by atoms with van der Waals surface area (Å²) in [6.45, 7) is 2.06. The van der Waals surface area contributed by atoms with E-state index in [0.29, 0.717) is 0 Å². The van der Waals surface area contributed by atoms with Gasteiger partial charge in [0.1, 0.15) is 5.75 Å². The molecule has 1 aliphatic carbocycles. The first-order chi connectivity index (χ1) is 8.64. The zero-order valence-electron chi connectivity index (χ0n) is 11.0. The van der Waals surface area contributed by atoms with Crippen LogP contribution in [0.15, 0.2) is 18.2 Å². The number of aromatic nitrogens is 1. The lowest BCUT2D eigenvalue weighted by atomic mass is 9.88. The van der Waals surface area contributed by atoms with Crippen LogP contribution < -0.4 is 10.5 Å². The summed E-state index contributed by atoms with van der Waals surface area (Å²) in [4.78, 5) is 3.34. The van der Waals surface area contributed by atoms with E-state index in [1.54, 1.807) is 7.11 Å². The van der Waals surface area contributed by atoms with E-state index in [1.807, 2.05) is 0 Å². The van der Waals surface area contributed by atoms with Crippen molar-refractivity contribution in [3.63, 3.8) is 0 Å². The number of hydrogen-bond acceptors (Lipinski definition) is 2. The van der Waals surface area contributed by atoms with Crippen molar-refractivity contribution in [1.29, 1.82) is 0 Å². The molecule has 3 N–H and O–H groups in total. The van der Waals surface area contributed by atoms with E-state index < -0.39 is 0 Å². The molecule has 2 aromatic rings. The maximum atomic E-state index is 6.56. The van der Waals surface area contributed by atoms with E-state index in [2.05, 4.69) is 30.1 Å². The Labute approximate surface area is 107 Å². The number of benzene rings is 1. The topological polar surface area (TPSA) is 51.0 Å². The lowest BCUT2D eigenvalue weighted by Crippen LogP contribution is -2.33. The number of rotatable bonds is 2. The van der Waals surface area contributed by atoms with Crippen LogP contribution in [0.2, 0.25) is 0 Å². The third-order valence-electron chi connectivity index (χ3n) is 4.13. The molecule has 3 rings (SSSR count). The highest BCUT2D eigenvalue weighted by Gasteiger charge is 2.34. The van der Waals surface area contributed by atoms with Crippen LogP contribution in [-0.4, -0.2) is 12.1 Å². The normalized spacial score (nSPS) is 18.4. The van der Waals surface area contributed by atoms with Gasteiger partial charge in [-0.1, -0.05) is 18.9 Å². The summed E-state index contributed by atoms with van der Waals surface area (Å²) in [7, 11) is 1.74. The molecule has 1 heterocycles. The van der Waals surface area contributed by atoms with Crippen LogP contribution in [0.25, 0.3) is 10.9 Å². The zero-order chi connectivity index (χ0) is 12.8. The smallest absolute Gasteiger partial charge is 0.133 e. The second-order valence-corrected chi connectivity index (χ2v) is 5.42. The molecule has 1 aromatic heterocycles. The first kappa shape index (κ1) is 11.6. The molecule has 1 aliphatic rings. The molecule has 0 radical (unpaired) electrons. The van der Waals surface area contributed by atoms with E-state index in [1.165, 1.54) is 12.8 Å². The lowest BCUT2D eigenvalue weighted by molar-refractivity contribution is 0.384. The maximum absolute atomic E-state index is 6.56. The van der Waals surface area contributed by atoms with Crippen molar-refractivity contribution in [1.82, 2.24) is 4.98 Å². The molecular formula is C15H20N2O. The first-order valence-corrected chi connectivity index (χ1v) is 6.60. The molecule has 96 valence electrons. The van der Waals surface area contributed by atoms with E-state index in [4.69, 9.17) is 10.5 Å². The van der Waals surface area contributed by atoms with Gasteiger partial charge in [0.15, 0.2) is 0 Å². The number of hydrogen-bond donors (Lipinski definition) is 2. The fourth-order valence-electron chi connectivity index (χ4n) is 3.20. The molecule has 18 heavy (non-hydrogen) atoms. The summed E-state index contributed by atoms with van der Waals surface area (Å²) in [5.74, 6) is 0.946. The van der Waals surface area contributed by atoms with Crippen molar-refractivity contribution >= 4 is 10.9 Å². The largest absolute Gasteiger partial charge is 0.496 e. The summed E-state index contributed by atoms with van der Waals surface area (Å²) in [6, 6.07) is 6.38. The Kier molecular flexibility index (Phi) is 2.59. The van der Waals surface area contributed by atoms with Gasteiger partial charge >= 0.3 is 0 Å². The quantitative estimate of drug-likeness (QED) is 0.852. The highest BCUT2D eigenvalue weighted by atomic mass is 16.5. The van der Waals surface area contributed by atoms with Crippen molar-refractivity contribution in [2.75, 3.05) is 7.11 Å². The molecule has 0 aliphatic heterocycles. The number of nitrogens with two attached hydrogens (primary N) is 1. The molecule has 0 atom stereocenters. The highest BCUT2D eigenvalue weighted by molar-refractivity contribution is 5.88. The fraction of sp³-hybridized carbons (Fsp3) is 0.467. The second-order valence-electron chi connectivity index (χ2n) is 5.42. The predicted molar refractivity (Wildman–Crippen MR) is 73.9 cm³/mol. The van der Waals surface area contributed by atoms with Gasteiger partial charge in [0.2, 0.25) is 0 Å². The molecule has 0 unspecified atom stereocenters. The third kappa shape index (κ3) is 1.62. The van der Waals surface area contributed by atoms with Crippen molar-refractivity contribution in [2.24, 2.45) is 5.73 Å². The Morgan fingerprint density at radius 3 is 2.67 bits per heavy atom. The molecule has 3 nitrogen and oxygen atoms in total. The number of aryl methyl sites for hydroxylation is 1. The van der Waals surface area contributed by atoms with Gasteiger partial charge in [0, 0.05) is 27.7 Å². The van der Waals surface area contributed by atoms with Gasteiger partial charge < -0.3 is 15.5 Å². The molecule has 0 amide bonds. The Hall–Kier alpha value is -1.48. The molecular weight excluding hydrogens is 224 g/mol. The van der Waals surface area contributed by atoms with Gasteiger partial charge in [-0.05, 0) is 31.9 Å².